The fourth-order valence-electron chi connectivity index (χ4n) is 2.76. The minimum atomic E-state index is 0.194. The minimum absolute atomic E-state index is 0.194. The van der Waals surface area contributed by atoms with Crippen LogP contribution in [0.5, 0.6) is 0 Å². The maximum absolute atomic E-state index is 11.9. The molecule has 1 saturated heterocycles. The van der Waals surface area contributed by atoms with Crippen molar-refractivity contribution in [3.8, 4) is 0 Å². The molecule has 0 aliphatic carbocycles. The monoisotopic (exact) mass is 270 g/mol. The Balaban J connectivity index is 2.22. The molecule has 4 heteroatoms. The number of carbonyl (C=O) groups is 1. The molecule has 0 saturated carbocycles. The lowest BCUT2D eigenvalue weighted by Gasteiger charge is -2.34. The fourth-order valence-corrected chi connectivity index (χ4v) is 2.76. The van der Waals surface area contributed by atoms with Gasteiger partial charge in [0.05, 0.1) is 0 Å². The van der Waals surface area contributed by atoms with Crippen LogP contribution < -0.4 is 0 Å². The second-order valence-electron chi connectivity index (χ2n) is 5.49. The Morgan fingerprint density at radius 2 is 1.84 bits per heavy atom. The summed E-state index contributed by atoms with van der Waals surface area (Å²) in [5.41, 5.74) is 0. The molecule has 1 heterocycles. The molecule has 0 aromatic heterocycles. The zero-order valence-electron chi connectivity index (χ0n) is 12.6. The van der Waals surface area contributed by atoms with Gasteiger partial charge in [-0.05, 0) is 44.7 Å². The molecule has 19 heavy (non-hydrogen) atoms. The Morgan fingerprint density at radius 3 is 2.37 bits per heavy atom. The number of carbonyl (C=O) groups excluding carboxylic acids is 1. The quantitative estimate of drug-likeness (QED) is 0.683. The molecule has 1 fully saturated rings. The summed E-state index contributed by atoms with van der Waals surface area (Å²) in [5, 5.41) is 8.73. The summed E-state index contributed by atoms with van der Waals surface area (Å²) in [6, 6.07) is 0. The van der Waals surface area contributed by atoms with Crippen molar-refractivity contribution in [3.63, 3.8) is 0 Å². The molecule has 1 aliphatic rings. The fraction of sp³-hybridized carbons (Fsp3) is 0.933. The van der Waals surface area contributed by atoms with E-state index < -0.39 is 0 Å². The number of aliphatic hydroxyl groups is 1. The number of piperidine rings is 1. The van der Waals surface area contributed by atoms with Gasteiger partial charge in [-0.15, -0.1) is 0 Å². The van der Waals surface area contributed by atoms with Gasteiger partial charge >= 0.3 is 0 Å². The van der Waals surface area contributed by atoms with Gasteiger partial charge < -0.3 is 14.9 Å². The molecule has 4 nitrogen and oxygen atoms in total. The number of rotatable bonds is 8. The topological polar surface area (TPSA) is 43.8 Å². The van der Waals surface area contributed by atoms with Crippen LogP contribution >= 0.6 is 0 Å². The van der Waals surface area contributed by atoms with Crippen LogP contribution in [-0.4, -0.2) is 60.1 Å². The van der Waals surface area contributed by atoms with Crippen molar-refractivity contribution in [3.05, 3.63) is 0 Å². The van der Waals surface area contributed by atoms with E-state index in [-0.39, 0.29) is 12.5 Å². The predicted octanol–water partition coefficient (Wildman–Crippen LogP) is 1.73. The zero-order chi connectivity index (χ0) is 14.1. The van der Waals surface area contributed by atoms with Gasteiger partial charge in [0, 0.05) is 32.7 Å². The van der Waals surface area contributed by atoms with E-state index in [1.165, 1.54) is 6.54 Å². The molecule has 0 atom stereocenters. The zero-order valence-corrected chi connectivity index (χ0v) is 12.6. The van der Waals surface area contributed by atoms with Crippen molar-refractivity contribution < 1.29 is 9.90 Å². The van der Waals surface area contributed by atoms with Gasteiger partial charge in [-0.25, -0.2) is 0 Å². The third kappa shape index (κ3) is 5.91. The number of hydrogen-bond donors (Lipinski definition) is 1. The Kier molecular flexibility index (Phi) is 8.07. The number of amides is 1. The summed E-state index contributed by atoms with van der Waals surface area (Å²) in [5.74, 6) is 1.02. The highest BCUT2D eigenvalue weighted by Crippen LogP contribution is 2.19. The van der Waals surface area contributed by atoms with Crippen LogP contribution in [0.1, 0.15) is 46.0 Å². The van der Waals surface area contributed by atoms with Gasteiger partial charge in [0.1, 0.15) is 0 Å². The van der Waals surface area contributed by atoms with Crippen LogP contribution in [0, 0.1) is 5.92 Å². The van der Waals surface area contributed by atoms with Crippen LogP contribution in [0.2, 0.25) is 0 Å². The van der Waals surface area contributed by atoms with Gasteiger partial charge in [-0.2, -0.15) is 0 Å². The van der Waals surface area contributed by atoms with Crippen molar-refractivity contribution in [2.45, 2.75) is 46.0 Å². The van der Waals surface area contributed by atoms with E-state index in [0.29, 0.717) is 6.42 Å². The predicted molar refractivity (Wildman–Crippen MR) is 78.0 cm³/mol. The maximum atomic E-state index is 11.9. The van der Waals surface area contributed by atoms with Crippen LogP contribution in [0.15, 0.2) is 0 Å². The molecule has 112 valence electrons. The van der Waals surface area contributed by atoms with E-state index in [4.69, 9.17) is 5.11 Å². The second-order valence-corrected chi connectivity index (χ2v) is 5.49. The highest BCUT2D eigenvalue weighted by Gasteiger charge is 2.23. The van der Waals surface area contributed by atoms with Gasteiger partial charge in [0.2, 0.25) is 5.91 Å². The molecule has 0 bridgehead atoms. The molecule has 1 aliphatic heterocycles. The molecule has 0 spiro atoms. The van der Waals surface area contributed by atoms with Crippen molar-refractivity contribution in [1.82, 2.24) is 9.80 Å². The molecule has 0 aromatic rings. The molecule has 1 rings (SSSR count). The summed E-state index contributed by atoms with van der Waals surface area (Å²) in [7, 11) is 0. The van der Waals surface area contributed by atoms with Gasteiger partial charge in [-0.3, -0.25) is 4.79 Å². The molecular weight excluding hydrogens is 240 g/mol. The number of nitrogens with zero attached hydrogens (tertiary/aromatic N) is 2. The van der Waals surface area contributed by atoms with Gasteiger partial charge in [0.15, 0.2) is 0 Å². The Labute approximate surface area is 117 Å². The molecule has 0 unspecified atom stereocenters. The van der Waals surface area contributed by atoms with E-state index in [1.54, 1.807) is 0 Å². The van der Waals surface area contributed by atoms with Crippen LogP contribution in [0.3, 0.4) is 0 Å². The molecule has 1 N–H and O–H groups in total. The number of aliphatic hydroxyl groups excluding tert-OH is 1. The van der Waals surface area contributed by atoms with E-state index in [2.05, 4.69) is 18.7 Å². The van der Waals surface area contributed by atoms with E-state index >= 15 is 0 Å². The minimum Gasteiger partial charge on any atom is -0.396 e. The Morgan fingerprint density at radius 1 is 1.21 bits per heavy atom. The third-order valence-corrected chi connectivity index (χ3v) is 4.18. The normalized spacial score (nSPS) is 17.2. The Bertz CT molecular complexity index is 247. The first-order valence-electron chi connectivity index (χ1n) is 7.82. The number of likely N-dealkylation sites (tertiary alicyclic amines) is 1. The lowest BCUT2D eigenvalue weighted by atomic mass is 9.96. The summed E-state index contributed by atoms with van der Waals surface area (Å²) in [6.07, 6.45) is 4.44. The summed E-state index contributed by atoms with van der Waals surface area (Å²) < 4.78 is 0. The summed E-state index contributed by atoms with van der Waals surface area (Å²) in [6.45, 7) is 9.88. The van der Waals surface area contributed by atoms with E-state index in [1.807, 2.05) is 4.90 Å². The van der Waals surface area contributed by atoms with Crippen LogP contribution in [-0.2, 0) is 4.79 Å². The maximum Gasteiger partial charge on any atom is 0.222 e. The highest BCUT2D eigenvalue weighted by atomic mass is 16.3. The first kappa shape index (κ1) is 16.4. The van der Waals surface area contributed by atoms with Gasteiger partial charge in [-0.1, -0.05) is 13.8 Å². The number of unbranched alkanes of at least 4 members (excludes halogenated alkanes) is 1. The average Bonchev–Trinajstić information content (AvgIpc) is 2.45. The standard InChI is InChI=1S/C15H30N2O2/c1-3-16(4-2)13-14-8-10-17(11-9-14)15(19)7-5-6-12-18/h14,18H,3-13H2,1-2H3. The van der Waals surface area contributed by atoms with Crippen molar-refractivity contribution in [2.75, 3.05) is 39.3 Å². The van der Waals surface area contributed by atoms with Crippen molar-refractivity contribution in [2.24, 2.45) is 5.92 Å². The Hall–Kier alpha value is -0.610. The van der Waals surface area contributed by atoms with Crippen molar-refractivity contribution >= 4 is 5.91 Å². The largest absolute Gasteiger partial charge is 0.396 e. The summed E-state index contributed by atoms with van der Waals surface area (Å²) in [4.78, 5) is 16.4. The first-order valence-corrected chi connectivity index (χ1v) is 7.82. The number of hydrogen-bond acceptors (Lipinski definition) is 3. The van der Waals surface area contributed by atoms with Crippen LogP contribution in [0.4, 0.5) is 0 Å². The lowest BCUT2D eigenvalue weighted by Crippen LogP contribution is -2.41. The molecular formula is C15H30N2O2. The first-order chi connectivity index (χ1) is 9.21. The van der Waals surface area contributed by atoms with E-state index in [0.717, 1.165) is 57.8 Å². The van der Waals surface area contributed by atoms with Crippen molar-refractivity contribution in [1.29, 1.82) is 0 Å². The van der Waals surface area contributed by atoms with Gasteiger partial charge in [0.25, 0.3) is 0 Å². The SMILES string of the molecule is CCN(CC)CC1CCN(C(=O)CCCCO)CC1. The van der Waals surface area contributed by atoms with Crippen LogP contribution in [0.25, 0.3) is 0 Å². The average molecular weight is 270 g/mol. The molecule has 0 aromatic carbocycles. The molecule has 0 radical (unpaired) electrons. The third-order valence-electron chi connectivity index (χ3n) is 4.18. The summed E-state index contributed by atoms with van der Waals surface area (Å²) >= 11 is 0. The molecule has 1 amide bonds. The lowest BCUT2D eigenvalue weighted by molar-refractivity contribution is -0.132. The second kappa shape index (κ2) is 9.32. The smallest absolute Gasteiger partial charge is 0.222 e. The van der Waals surface area contributed by atoms with E-state index in [9.17, 15) is 4.79 Å². The highest BCUT2D eigenvalue weighted by molar-refractivity contribution is 5.76.